The molecule has 0 nitrogen and oxygen atoms in total. The highest BCUT2D eigenvalue weighted by molar-refractivity contribution is 8.47. The van der Waals surface area contributed by atoms with E-state index in [1.165, 1.54) is 20.0 Å². The van der Waals surface area contributed by atoms with Gasteiger partial charge in [-0.3, -0.25) is 0 Å². The quantitative estimate of drug-likeness (QED) is 0.511. The van der Waals surface area contributed by atoms with E-state index in [0.29, 0.717) is 0 Å². The van der Waals surface area contributed by atoms with Gasteiger partial charge in [0.1, 0.15) is 0 Å². The lowest BCUT2D eigenvalue weighted by atomic mass is 10.9. The molecule has 0 aliphatic carbocycles. The Morgan fingerprint density at radius 1 is 0.722 bits per heavy atom. The van der Waals surface area contributed by atoms with Crippen LogP contribution in [-0.4, -0.2) is 20.7 Å². The van der Waals surface area contributed by atoms with Gasteiger partial charge in [0, 0.05) is 11.5 Å². The molecule has 0 aromatic rings. The molecule has 0 N–H and O–H groups in total. The van der Waals surface area contributed by atoms with E-state index in [2.05, 4.69) is 57.9 Å². The Morgan fingerprint density at radius 2 is 1.33 bits per heavy atom. The first-order chi connectivity index (χ1) is 8.90. The molecule has 1 fully saturated rings. The number of hydrogen-bond acceptors (Lipinski definition) is 8. The van der Waals surface area contributed by atoms with E-state index in [-0.39, 0.29) is 0 Å². The normalized spacial score (nSPS) is 29.1. The summed E-state index contributed by atoms with van der Waals surface area (Å²) in [6.07, 6.45) is 0. The third kappa shape index (κ3) is 2.69. The molecule has 1 saturated heterocycles. The van der Waals surface area contributed by atoms with E-state index in [9.17, 15) is 0 Å². The molecule has 0 radical (unpaired) electrons. The van der Waals surface area contributed by atoms with Gasteiger partial charge >= 0.3 is 0 Å². The first-order valence-electron chi connectivity index (χ1n) is 5.29. The minimum atomic E-state index is 0.751. The molecule has 0 spiro atoms. The van der Waals surface area contributed by atoms with Crippen molar-refractivity contribution in [1.29, 1.82) is 0 Å². The number of hydrogen-bond donors (Lipinski definition) is 0. The zero-order valence-electron chi connectivity index (χ0n) is 8.99. The third-order valence-corrected chi connectivity index (χ3v) is 15.0. The Bertz CT molecular complexity index is 428. The fraction of sp³-hybridized carbons (Fsp3) is 0.400. The van der Waals surface area contributed by atoms with Gasteiger partial charge in [0.25, 0.3) is 0 Å². The van der Waals surface area contributed by atoms with Gasteiger partial charge in [-0.25, -0.2) is 0 Å². The van der Waals surface area contributed by atoms with Crippen molar-refractivity contribution in [3.63, 3.8) is 0 Å². The lowest BCUT2D eigenvalue weighted by Gasteiger charge is -2.16. The maximum Gasteiger partial charge on any atom is 0.0818 e. The number of thioether (sulfide) groups is 8. The summed E-state index contributed by atoms with van der Waals surface area (Å²) in [5.41, 5.74) is 0. The second-order valence-electron chi connectivity index (χ2n) is 3.58. The van der Waals surface area contributed by atoms with Crippen LogP contribution in [0.5, 0.6) is 0 Å². The van der Waals surface area contributed by atoms with Crippen LogP contribution in [0.4, 0.5) is 0 Å². The Morgan fingerprint density at radius 3 is 1.94 bits per heavy atom. The molecule has 0 saturated carbocycles. The second kappa shape index (κ2) is 6.02. The smallest absolute Gasteiger partial charge is 0.0818 e. The van der Waals surface area contributed by atoms with Crippen LogP contribution in [0.2, 0.25) is 0 Å². The summed E-state index contributed by atoms with van der Waals surface area (Å²) >= 11 is 16.3. The largest absolute Gasteiger partial charge is 0.145 e. The molecule has 0 aromatic carbocycles. The van der Waals surface area contributed by atoms with Crippen LogP contribution >= 0.6 is 94.1 Å². The van der Waals surface area contributed by atoms with Gasteiger partial charge in [-0.2, -0.15) is 0 Å². The second-order valence-corrected chi connectivity index (χ2v) is 13.9. The van der Waals surface area contributed by atoms with Crippen molar-refractivity contribution >= 4 is 94.1 Å². The van der Waals surface area contributed by atoms with Gasteiger partial charge in [-0.15, -0.1) is 47.0 Å². The Hall–Kier alpha value is 2.02. The van der Waals surface area contributed by atoms with Crippen molar-refractivity contribution in [3.8, 4) is 0 Å². The zero-order valence-corrected chi connectivity index (χ0v) is 15.5. The van der Waals surface area contributed by atoms with Crippen LogP contribution in [0.3, 0.4) is 0 Å². The van der Waals surface area contributed by atoms with Crippen molar-refractivity contribution in [3.05, 3.63) is 27.8 Å². The van der Waals surface area contributed by atoms with E-state index in [0.717, 1.165) is 9.16 Å². The van der Waals surface area contributed by atoms with Crippen LogP contribution in [-0.2, 0) is 0 Å². The molecule has 0 bridgehead atoms. The average Bonchev–Trinajstić information content (AvgIpc) is 3.13. The summed E-state index contributed by atoms with van der Waals surface area (Å²) in [6, 6.07) is 0. The van der Waals surface area contributed by atoms with Crippen LogP contribution in [0, 0.1) is 0 Å². The fourth-order valence-electron chi connectivity index (χ4n) is 1.68. The maximum atomic E-state index is 2.19. The van der Waals surface area contributed by atoms with Gasteiger partial charge in [0.2, 0.25) is 0 Å². The number of rotatable bonds is 1. The molecule has 4 aliphatic heterocycles. The molecule has 4 rings (SSSR count). The highest BCUT2D eigenvalue weighted by atomic mass is 32.3. The molecule has 18 heavy (non-hydrogen) atoms. The van der Waals surface area contributed by atoms with E-state index in [1.54, 1.807) is 8.47 Å². The minimum Gasteiger partial charge on any atom is -0.145 e. The molecule has 0 atom stereocenters. The standard InChI is InChI=1S/C10H8S8/c1-2-12-5(11-1)7-15-9-10(16-7)18-8(17-9)6-13-3-4-14-6/h1-2,6,8H,3-4H2. The maximum absolute atomic E-state index is 2.19. The lowest BCUT2D eigenvalue weighted by Crippen LogP contribution is -2.07. The molecular weight excluding hydrogens is 377 g/mol. The molecular formula is C10H8S8. The van der Waals surface area contributed by atoms with E-state index < -0.39 is 0 Å². The Balaban J connectivity index is 1.43. The summed E-state index contributed by atoms with van der Waals surface area (Å²) in [7, 11) is 0. The molecule has 96 valence electrons. The molecule has 4 heterocycles. The van der Waals surface area contributed by atoms with Gasteiger partial charge < -0.3 is 0 Å². The minimum absolute atomic E-state index is 0.751. The molecule has 0 unspecified atom stereocenters. The first kappa shape index (κ1) is 13.7. The lowest BCUT2D eigenvalue weighted by molar-refractivity contribution is 1.39. The summed E-state index contributed by atoms with van der Waals surface area (Å²) in [5.74, 6) is 2.68. The molecule has 8 heteroatoms. The summed E-state index contributed by atoms with van der Waals surface area (Å²) < 4.78 is 7.67. The molecule has 4 aliphatic rings. The van der Waals surface area contributed by atoms with Gasteiger partial charge in [-0.1, -0.05) is 47.0 Å². The van der Waals surface area contributed by atoms with E-state index >= 15 is 0 Å². The van der Waals surface area contributed by atoms with Crippen molar-refractivity contribution in [2.75, 3.05) is 11.5 Å². The van der Waals surface area contributed by atoms with Crippen molar-refractivity contribution in [2.24, 2.45) is 0 Å². The predicted octanol–water partition coefficient (Wildman–Crippen LogP) is 6.28. The van der Waals surface area contributed by atoms with Crippen LogP contribution in [0.25, 0.3) is 0 Å². The Labute approximate surface area is 141 Å². The highest BCUT2D eigenvalue weighted by Gasteiger charge is 2.39. The van der Waals surface area contributed by atoms with Crippen LogP contribution < -0.4 is 0 Å². The van der Waals surface area contributed by atoms with Gasteiger partial charge in [0.15, 0.2) is 0 Å². The predicted molar refractivity (Wildman–Crippen MR) is 101 cm³/mol. The van der Waals surface area contributed by atoms with Crippen molar-refractivity contribution in [1.82, 2.24) is 0 Å². The van der Waals surface area contributed by atoms with Crippen LogP contribution in [0.1, 0.15) is 0 Å². The summed E-state index contributed by atoms with van der Waals surface area (Å²) in [5, 5.41) is 4.37. The monoisotopic (exact) mass is 384 g/mol. The van der Waals surface area contributed by atoms with Crippen molar-refractivity contribution < 1.29 is 0 Å². The van der Waals surface area contributed by atoms with Gasteiger partial charge in [-0.05, 0) is 10.8 Å². The average molecular weight is 385 g/mol. The van der Waals surface area contributed by atoms with Crippen LogP contribution in [0.15, 0.2) is 27.8 Å². The molecule has 0 aromatic heterocycles. The zero-order chi connectivity index (χ0) is 11.9. The van der Waals surface area contributed by atoms with Gasteiger partial charge in [0.05, 0.1) is 26.1 Å². The summed E-state index contributed by atoms with van der Waals surface area (Å²) in [6.45, 7) is 0. The first-order valence-corrected chi connectivity index (χ1v) is 12.5. The van der Waals surface area contributed by atoms with Crippen molar-refractivity contribution in [2.45, 2.75) is 9.16 Å². The fourth-order valence-corrected chi connectivity index (χ4v) is 14.5. The Kier molecular flexibility index (Phi) is 4.57. The third-order valence-electron chi connectivity index (χ3n) is 2.43. The summed E-state index contributed by atoms with van der Waals surface area (Å²) in [4.78, 5) is 0. The highest BCUT2D eigenvalue weighted by Crippen LogP contribution is 2.69. The SMILES string of the molecule is C1=CSC(=C2SC3=C(S2)SC(C2SCCS2)S3)S1. The van der Waals surface area contributed by atoms with E-state index in [1.807, 2.05) is 47.0 Å². The topological polar surface area (TPSA) is 0 Å². The molecule has 0 amide bonds. The van der Waals surface area contributed by atoms with E-state index in [4.69, 9.17) is 0 Å².